The molecule has 0 aromatic rings. The maximum absolute atomic E-state index is 11.4. The van der Waals surface area contributed by atoms with Crippen LogP contribution in [0.25, 0.3) is 0 Å². The molecule has 0 spiro atoms. The smallest absolute Gasteiger partial charge is 0.325 e. The number of nitrogens with two attached hydrogens (primary N) is 2. The summed E-state index contributed by atoms with van der Waals surface area (Å²) < 4.78 is 0. The van der Waals surface area contributed by atoms with E-state index in [-0.39, 0.29) is 6.03 Å². The van der Waals surface area contributed by atoms with Crippen LogP contribution < -0.4 is 16.8 Å². The van der Waals surface area contributed by atoms with E-state index in [4.69, 9.17) is 11.5 Å². The number of carbonyl (C=O) groups excluding carboxylic acids is 1. The molecule has 0 aliphatic carbocycles. The van der Waals surface area contributed by atoms with E-state index in [9.17, 15) is 4.79 Å². The Hall–Kier alpha value is -1.47. The van der Waals surface area contributed by atoms with E-state index in [1.807, 2.05) is 13.8 Å². The molecule has 1 heterocycles. The summed E-state index contributed by atoms with van der Waals surface area (Å²) in [5, 5.41) is 10.3. The molecule has 5 N–H and O–H groups in total. The first-order valence-corrected chi connectivity index (χ1v) is 4.56. The topological polar surface area (TPSA) is 109 Å². The maximum atomic E-state index is 11.4. The Balaban J connectivity index is 2.96. The number of nitrogens with one attached hydrogen (secondary N) is 1. The number of hydrogen-bond donors (Lipinski definition) is 3. The Morgan fingerprint density at radius 1 is 1.53 bits per heavy atom. The average molecular weight is 212 g/mol. The third-order valence-electron chi connectivity index (χ3n) is 1.71. The number of nitrogens with zero attached hydrogens (tertiary/aromatic N) is 3. The summed E-state index contributed by atoms with van der Waals surface area (Å²) in [5.74, 6) is -0.843. The fourth-order valence-corrected chi connectivity index (χ4v) is 1.16. The Morgan fingerprint density at radius 2 is 2.13 bits per heavy atom. The molecule has 84 valence electrons. The highest BCUT2D eigenvalue weighted by atomic mass is 16.2. The van der Waals surface area contributed by atoms with Gasteiger partial charge < -0.3 is 5.32 Å². The second-order valence-corrected chi connectivity index (χ2v) is 3.78. The number of rotatable bonds is 2. The zero-order chi connectivity index (χ0) is 11.6. The molecular formula is C8H16N6O. The summed E-state index contributed by atoms with van der Waals surface area (Å²) >= 11 is 0. The molecule has 15 heavy (non-hydrogen) atoms. The first kappa shape index (κ1) is 11.6. The highest BCUT2D eigenvalue weighted by Crippen LogP contribution is 2.08. The Morgan fingerprint density at radius 3 is 2.60 bits per heavy atom. The van der Waals surface area contributed by atoms with Crippen LogP contribution in [0.4, 0.5) is 4.79 Å². The van der Waals surface area contributed by atoms with Gasteiger partial charge in [-0.1, -0.05) is 0 Å². The molecule has 0 saturated carbocycles. The normalized spacial score (nSPS) is 19.4. The van der Waals surface area contributed by atoms with Crippen molar-refractivity contribution in [2.45, 2.75) is 26.6 Å². The molecule has 0 aromatic carbocycles. The molecule has 0 atom stereocenters. The summed E-state index contributed by atoms with van der Waals surface area (Å²) in [4.78, 5) is 12.6. The minimum absolute atomic E-state index is 0.291. The molecule has 1 aliphatic heterocycles. The van der Waals surface area contributed by atoms with E-state index >= 15 is 0 Å². The van der Waals surface area contributed by atoms with Gasteiger partial charge in [-0.3, -0.25) is 11.5 Å². The Kier molecular flexibility index (Phi) is 3.06. The lowest BCUT2D eigenvalue weighted by atomic mass is 10.3. The lowest BCUT2D eigenvalue weighted by Crippen LogP contribution is -2.63. The average Bonchev–Trinajstić information content (AvgIpc) is 2.42. The van der Waals surface area contributed by atoms with Crippen molar-refractivity contribution >= 4 is 17.6 Å². The van der Waals surface area contributed by atoms with Gasteiger partial charge in [-0.2, -0.15) is 5.10 Å². The molecule has 1 aliphatic rings. The lowest BCUT2D eigenvalue weighted by Gasteiger charge is -2.29. The second kappa shape index (κ2) is 3.95. The molecule has 2 amide bonds. The molecule has 1 fully saturated rings. The molecule has 0 bridgehead atoms. The van der Waals surface area contributed by atoms with Gasteiger partial charge in [-0.05, 0) is 20.8 Å². The van der Waals surface area contributed by atoms with E-state index in [1.165, 1.54) is 11.8 Å². The number of hydrogen-bond acceptors (Lipinski definition) is 5. The van der Waals surface area contributed by atoms with Crippen LogP contribution in [0.3, 0.4) is 0 Å². The van der Waals surface area contributed by atoms with Crippen molar-refractivity contribution in [3.63, 3.8) is 0 Å². The largest absolute Gasteiger partial charge is 0.330 e. The monoisotopic (exact) mass is 212 g/mol. The van der Waals surface area contributed by atoms with Crippen molar-refractivity contribution in [2.75, 3.05) is 6.54 Å². The van der Waals surface area contributed by atoms with Crippen LogP contribution in [0, 0.1) is 0 Å². The minimum atomic E-state index is -1.27. The van der Waals surface area contributed by atoms with Crippen molar-refractivity contribution in [1.82, 2.24) is 10.2 Å². The van der Waals surface area contributed by atoms with Gasteiger partial charge in [0.1, 0.15) is 5.79 Å². The van der Waals surface area contributed by atoms with E-state index in [1.54, 1.807) is 0 Å². The third-order valence-corrected chi connectivity index (χ3v) is 1.71. The van der Waals surface area contributed by atoms with Gasteiger partial charge >= 0.3 is 6.03 Å². The van der Waals surface area contributed by atoms with Crippen LogP contribution >= 0.6 is 0 Å². The van der Waals surface area contributed by atoms with E-state index in [2.05, 4.69) is 15.5 Å². The van der Waals surface area contributed by atoms with Crippen molar-refractivity contribution < 1.29 is 4.79 Å². The molecule has 1 rings (SSSR count). The van der Waals surface area contributed by atoms with E-state index < -0.39 is 5.79 Å². The number of amidine groups is 1. The summed E-state index contributed by atoms with van der Waals surface area (Å²) in [6.07, 6.45) is 0. The molecule has 0 aromatic heterocycles. The van der Waals surface area contributed by atoms with Crippen LogP contribution in [0.1, 0.15) is 20.8 Å². The summed E-state index contributed by atoms with van der Waals surface area (Å²) in [6, 6.07) is -0.356. The van der Waals surface area contributed by atoms with Gasteiger partial charge in [0.05, 0.1) is 6.54 Å². The Bertz CT molecular complexity index is 323. The van der Waals surface area contributed by atoms with Crippen molar-refractivity contribution in [3.05, 3.63) is 0 Å². The Labute approximate surface area is 88.2 Å². The molecule has 0 radical (unpaired) electrons. The predicted octanol–water partition coefficient (Wildman–Crippen LogP) is -0.603. The van der Waals surface area contributed by atoms with E-state index in [0.717, 1.165) is 5.71 Å². The summed E-state index contributed by atoms with van der Waals surface area (Å²) in [6.45, 7) is 5.43. The first-order valence-electron chi connectivity index (χ1n) is 4.56. The van der Waals surface area contributed by atoms with Gasteiger partial charge in [0.25, 0.3) is 0 Å². The zero-order valence-corrected chi connectivity index (χ0v) is 9.11. The summed E-state index contributed by atoms with van der Waals surface area (Å²) in [7, 11) is 0. The van der Waals surface area contributed by atoms with Crippen LogP contribution in [-0.2, 0) is 0 Å². The fourth-order valence-electron chi connectivity index (χ4n) is 1.16. The van der Waals surface area contributed by atoms with Crippen molar-refractivity contribution in [1.29, 1.82) is 0 Å². The standard InChI is InChI=1S/C8H16N6O/c1-5(2)12-13-6-4-11-7(15)14(6)8(3,9)10/h4,9-10H2,1-3H3,(H,11,15). The number of amides is 2. The minimum Gasteiger partial charge on any atom is -0.330 e. The maximum Gasteiger partial charge on any atom is 0.325 e. The van der Waals surface area contributed by atoms with Crippen LogP contribution in [-0.4, -0.2) is 34.8 Å². The highest BCUT2D eigenvalue weighted by Gasteiger charge is 2.37. The molecule has 0 unspecified atom stereocenters. The highest BCUT2D eigenvalue weighted by molar-refractivity contribution is 6.05. The fraction of sp³-hybridized carbons (Fsp3) is 0.625. The quantitative estimate of drug-likeness (QED) is 0.323. The van der Waals surface area contributed by atoms with Gasteiger partial charge in [0.15, 0.2) is 5.84 Å². The van der Waals surface area contributed by atoms with Gasteiger partial charge in [0, 0.05) is 5.71 Å². The molecule has 1 saturated heterocycles. The SMILES string of the molecule is CC(C)=NN=C1CNC(=O)N1C(C)(N)N. The van der Waals surface area contributed by atoms with Crippen LogP contribution in [0.15, 0.2) is 10.2 Å². The van der Waals surface area contributed by atoms with Gasteiger partial charge in [-0.25, -0.2) is 9.69 Å². The van der Waals surface area contributed by atoms with Crippen LogP contribution in [0.2, 0.25) is 0 Å². The predicted molar refractivity (Wildman–Crippen MR) is 58.2 cm³/mol. The zero-order valence-electron chi connectivity index (χ0n) is 9.11. The van der Waals surface area contributed by atoms with Crippen molar-refractivity contribution in [3.8, 4) is 0 Å². The number of carbonyl (C=O) groups is 1. The van der Waals surface area contributed by atoms with Crippen LogP contribution in [0.5, 0.6) is 0 Å². The van der Waals surface area contributed by atoms with Crippen molar-refractivity contribution in [2.24, 2.45) is 21.7 Å². The van der Waals surface area contributed by atoms with E-state index in [0.29, 0.717) is 12.4 Å². The van der Waals surface area contributed by atoms with Gasteiger partial charge in [0.2, 0.25) is 0 Å². The summed E-state index contributed by atoms with van der Waals surface area (Å²) in [5.41, 5.74) is 12.1. The first-order chi connectivity index (χ1) is 6.82. The molecule has 7 nitrogen and oxygen atoms in total. The molecular weight excluding hydrogens is 196 g/mol. The third kappa shape index (κ3) is 2.74. The molecule has 7 heteroatoms. The second-order valence-electron chi connectivity index (χ2n) is 3.78. The number of urea groups is 1. The lowest BCUT2D eigenvalue weighted by molar-refractivity contribution is 0.191. The van der Waals surface area contributed by atoms with Gasteiger partial charge in [-0.15, -0.1) is 5.10 Å².